The van der Waals surface area contributed by atoms with E-state index in [-0.39, 0.29) is 5.91 Å². The number of thiophene rings is 1. The number of hydrogen-bond donors (Lipinski definition) is 0. The molecule has 0 aliphatic carbocycles. The maximum atomic E-state index is 12.5. The standard InChI is InChI=1S/C22H24N4OS/c1-16-5-6-19(17(2)14-16)20-7-8-21(24-23-20)25-9-11-26(12-10-25)22(27)15-18-4-3-13-28-18/h3-8,13-14H,9-12,15H2,1-2H3. The number of amides is 1. The van der Waals surface area contributed by atoms with Crippen LogP contribution in [0.5, 0.6) is 0 Å². The van der Waals surface area contributed by atoms with Crippen LogP contribution in [-0.2, 0) is 11.2 Å². The maximum absolute atomic E-state index is 12.5. The topological polar surface area (TPSA) is 49.3 Å². The molecule has 3 aromatic rings. The predicted octanol–water partition coefficient (Wildman–Crippen LogP) is 3.71. The number of anilines is 1. The van der Waals surface area contributed by atoms with Gasteiger partial charge in [0.2, 0.25) is 5.91 Å². The Hall–Kier alpha value is -2.73. The van der Waals surface area contributed by atoms with E-state index in [1.54, 1.807) is 11.3 Å². The van der Waals surface area contributed by atoms with Gasteiger partial charge >= 0.3 is 0 Å². The summed E-state index contributed by atoms with van der Waals surface area (Å²) >= 11 is 1.64. The van der Waals surface area contributed by atoms with Crippen LogP contribution in [0.2, 0.25) is 0 Å². The minimum absolute atomic E-state index is 0.207. The number of carbonyl (C=O) groups excluding carboxylic acids is 1. The van der Waals surface area contributed by atoms with Gasteiger partial charge in [-0.15, -0.1) is 21.5 Å². The van der Waals surface area contributed by atoms with Crippen molar-refractivity contribution in [1.29, 1.82) is 0 Å². The molecule has 2 aromatic heterocycles. The van der Waals surface area contributed by atoms with Crippen LogP contribution in [0.15, 0.2) is 47.8 Å². The second-order valence-electron chi connectivity index (χ2n) is 7.22. The summed E-state index contributed by atoms with van der Waals surface area (Å²) in [6, 6.07) is 14.4. The van der Waals surface area contributed by atoms with Gasteiger partial charge in [0.25, 0.3) is 0 Å². The summed E-state index contributed by atoms with van der Waals surface area (Å²) in [5.41, 5.74) is 4.47. The number of rotatable bonds is 4. The van der Waals surface area contributed by atoms with Crippen molar-refractivity contribution in [3.8, 4) is 11.3 Å². The Morgan fingerprint density at radius 3 is 2.50 bits per heavy atom. The lowest BCUT2D eigenvalue weighted by Gasteiger charge is -2.35. The van der Waals surface area contributed by atoms with E-state index >= 15 is 0 Å². The number of benzene rings is 1. The number of hydrogen-bond acceptors (Lipinski definition) is 5. The fraction of sp³-hybridized carbons (Fsp3) is 0.318. The summed E-state index contributed by atoms with van der Waals surface area (Å²) in [5.74, 6) is 1.08. The fourth-order valence-corrected chi connectivity index (χ4v) is 4.29. The third-order valence-electron chi connectivity index (χ3n) is 5.17. The quantitative estimate of drug-likeness (QED) is 0.679. The molecule has 0 saturated carbocycles. The average Bonchev–Trinajstić information content (AvgIpc) is 3.21. The van der Waals surface area contributed by atoms with E-state index in [0.29, 0.717) is 6.42 Å². The lowest BCUT2D eigenvalue weighted by atomic mass is 10.0. The highest BCUT2D eigenvalue weighted by Crippen LogP contribution is 2.23. The van der Waals surface area contributed by atoms with Crippen LogP contribution in [0.1, 0.15) is 16.0 Å². The van der Waals surface area contributed by atoms with Crippen LogP contribution in [-0.4, -0.2) is 47.2 Å². The van der Waals surface area contributed by atoms with Crippen LogP contribution in [0.4, 0.5) is 5.82 Å². The molecule has 1 aliphatic heterocycles. The SMILES string of the molecule is Cc1ccc(-c2ccc(N3CCN(C(=O)Cc4cccs4)CC3)nn2)c(C)c1. The Kier molecular flexibility index (Phi) is 5.39. The van der Waals surface area contributed by atoms with Crippen LogP contribution in [0, 0.1) is 13.8 Å². The largest absolute Gasteiger partial charge is 0.352 e. The highest BCUT2D eigenvalue weighted by molar-refractivity contribution is 7.10. The average molecular weight is 393 g/mol. The minimum atomic E-state index is 0.207. The highest BCUT2D eigenvalue weighted by atomic mass is 32.1. The first-order chi connectivity index (χ1) is 13.6. The van der Waals surface area contributed by atoms with Gasteiger partial charge < -0.3 is 9.80 Å². The van der Waals surface area contributed by atoms with Crippen molar-refractivity contribution >= 4 is 23.1 Å². The van der Waals surface area contributed by atoms with Crippen molar-refractivity contribution in [1.82, 2.24) is 15.1 Å². The highest BCUT2D eigenvalue weighted by Gasteiger charge is 2.22. The zero-order valence-corrected chi connectivity index (χ0v) is 17.1. The molecule has 4 rings (SSSR count). The number of nitrogens with zero attached hydrogens (tertiary/aromatic N) is 4. The summed E-state index contributed by atoms with van der Waals surface area (Å²) in [6.07, 6.45) is 0.502. The zero-order valence-electron chi connectivity index (χ0n) is 16.3. The van der Waals surface area contributed by atoms with Crippen LogP contribution in [0.25, 0.3) is 11.3 Å². The predicted molar refractivity (Wildman–Crippen MR) is 114 cm³/mol. The Bertz CT molecular complexity index is 945. The third-order valence-corrected chi connectivity index (χ3v) is 6.05. The molecule has 0 N–H and O–H groups in total. The van der Waals surface area contributed by atoms with Gasteiger partial charge in [0.1, 0.15) is 0 Å². The van der Waals surface area contributed by atoms with Gasteiger partial charge in [0.05, 0.1) is 12.1 Å². The van der Waals surface area contributed by atoms with E-state index in [1.807, 2.05) is 34.5 Å². The third kappa shape index (κ3) is 4.07. The molecule has 1 amide bonds. The van der Waals surface area contributed by atoms with Gasteiger partial charge in [-0.25, -0.2) is 0 Å². The lowest BCUT2D eigenvalue weighted by Crippen LogP contribution is -2.49. The summed E-state index contributed by atoms with van der Waals surface area (Å²) < 4.78 is 0. The van der Waals surface area contributed by atoms with Crippen molar-refractivity contribution in [2.45, 2.75) is 20.3 Å². The molecule has 0 spiro atoms. The van der Waals surface area contributed by atoms with E-state index in [4.69, 9.17) is 0 Å². The van der Waals surface area contributed by atoms with Crippen molar-refractivity contribution in [2.24, 2.45) is 0 Å². The van der Waals surface area contributed by atoms with E-state index in [9.17, 15) is 4.79 Å². The number of piperazine rings is 1. The second kappa shape index (κ2) is 8.10. The summed E-state index contributed by atoms with van der Waals surface area (Å²) in [5, 5.41) is 10.9. The van der Waals surface area contributed by atoms with Crippen molar-refractivity contribution in [3.63, 3.8) is 0 Å². The van der Waals surface area contributed by atoms with Crippen molar-refractivity contribution in [3.05, 3.63) is 63.8 Å². The molecule has 144 valence electrons. The molecule has 0 atom stereocenters. The molecule has 0 unspecified atom stereocenters. The molecule has 0 radical (unpaired) electrons. The molecule has 1 saturated heterocycles. The van der Waals surface area contributed by atoms with Crippen LogP contribution in [0.3, 0.4) is 0 Å². The molecule has 0 bridgehead atoms. The monoisotopic (exact) mass is 392 g/mol. The lowest BCUT2D eigenvalue weighted by molar-refractivity contribution is -0.130. The molecule has 3 heterocycles. The summed E-state index contributed by atoms with van der Waals surface area (Å²) in [7, 11) is 0. The molecule has 1 fully saturated rings. The molecule has 28 heavy (non-hydrogen) atoms. The van der Waals surface area contributed by atoms with Crippen LogP contribution < -0.4 is 4.90 Å². The zero-order chi connectivity index (χ0) is 19.5. The van der Waals surface area contributed by atoms with Crippen LogP contribution >= 0.6 is 11.3 Å². The molecule has 6 heteroatoms. The van der Waals surface area contributed by atoms with Crippen molar-refractivity contribution < 1.29 is 4.79 Å². The Morgan fingerprint density at radius 2 is 1.86 bits per heavy atom. The Labute approximate surface area is 169 Å². The Balaban J connectivity index is 1.37. The number of aryl methyl sites for hydroxylation is 2. The van der Waals surface area contributed by atoms with Gasteiger partial charge in [0, 0.05) is 36.6 Å². The van der Waals surface area contributed by atoms with Gasteiger partial charge in [-0.2, -0.15) is 0 Å². The number of aromatic nitrogens is 2. The molecule has 5 nitrogen and oxygen atoms in total. The summed E-state index contributed by atoms with van der Waals surface area (Å²) in [6.45, 7) is 7.22. The minimum Gasteiger partial charge on any atom is -0.352 e. The molecule has 1 aliphatic rings. The van der Waals surface area contributed by atoms with Gasteiger partial charge in [-0.1, -0.05) is 29.8 Å². The fourth-order valence-electron chi connectivity index (χ4n) is 3.60. The molecular formula is C22H24N4OS. The van der Waals surface area contributed by atoms with E-state index in [1.165, 1.54) is 11.1 Å². The van der Waals surface area contributed by atoms with Crippen molar-refractivity contribution in [2.75, 3.05) is 31.1 Å². The number of carbonyl (C=O) groups is 1. The first-order valence-corrected chi connectivity index (χ1v) is 10.4. The Morgan fingerprint density at radius 1 is 1.04 bits per heavy atom. The summed E-state index contributed by atoms with van der Waals surface area (Å²) in [4.78, 5) is 17.7. The van der Waals surface area contributed by atoms with Gasteiger partial charge in [-0.3, -0.25) is 4.79 Å². The van der Waals surface area contributed by atoms with Gasteiger partial charge in [-0.05, 0) is 43.0 Å². The van der Waals surface area contributed by atoms with Gasteiger partial charge in [0.15, 0.2) is 5.82 Å². The van der Waals surface area contributed by atoms with E-state index in [0.717, 1.165) is 48.1 Å². The first kappa shape index (κ1) is 18.6. The molecular weight excluding hydrogens is 368 g/mol. The normalized spacial score (nSPS) is 14.4. The second-order valence-corrected chi connectivity index (χ2v) is 8.25. The first-order valence-electron chi connectivity index (χ1n) is 9.56. The maximum Gasteiger partial charge on any atom is 0.227 e. The van der Waals surface area contributed by atoms with E-state index in [2.05, 4.69) is 47.1 Å². The van der Waals surface area contributed by atoms with E-state index < -0.39 is 0 Å². The smallest absolute Gasteiger partial charge is 0.227 e. The molecule has 1 aromatic carbocycles.